The number of nitrogens with zero attached hydrogens (tertiary/aromatic N) is 2. The van der Waals surface area contributed by atoms with Crippen molar-refractivity contribution in [3.05, 3.63) is 64.5 Å². The molecule has 0 saturated carbocycles. The van der Waals surface area contributed by atoms with Gasteiger partial charge in [0, 0.05) is 10.6 Å². The normalized spacial score (nSPS) is 10.5. The lowest BCUT2D eigenvalue weighted by Crippen LogP contribution is -2.28. The molecule has 128 valence electrons. The maximum absolute atomic E-state index is 11.8. The largest absolute Gasteiger partial charge is 0.482 e. The highest BCUT2D eigenvalue weighted by Crippen LogP contribution is 2.27. The highest BCUT2D eigenvalue weighted by atomic mass is 35.5. The molecule has 0 aliphatic carbocycles. The van der Waals surface area contributed by atoms with Gasteiger partial charge < -0.3 is 14.5 Å². The highest BCUT2D eigenvalue weighted by Gasteiger charge is 2.10. The van der Waals surface area contributed by atoms with Crippen LogP contribution in [0.15, 0.2) is 52.9 Å². The minimum Gasteiger partial charge on any atom is -0.482 e. The second-order valence-electron chi connectivity index (χ2n) is 5.01. The molecule has 25 heavy (non-hydrogen) atoms. The van der Waals surface area contributed by atoms with Crippen LogP contribution in [0.1, 0.15) is 5.89 Å². The summed E-state index contributed by atoms with van der Waals surface area (Å²) < 4.78 is 10.8. The molecule has 0 spiro atoms. The average molecular weight is 378 g/mol. The number of ether oxygens (including phenoxy) is 1. The number of carbonyl (C=O) groups is 1. The zero-order valence-corrected chi connectivity index (χ0v) is 14.4. The maximum Gasteiger partial charge on any atom is 0.258 e. The molecule has 0 radical (unpaired) electrons. The zero-order chi connectivity index (χ0) is 17.6. The number of carbonyl (C=O) groups excluding carboxylic acids is 1. The van der Waals surface area contributed by atoms with Gasteiger partial charge in [0.1, 0.15) is 5.75 Å². The third-order valence-electron chi connectivity index (χ3n) is 3.18. The molecule has 0 aliphatic rings. The van der Waals surface area contributed by atoms with Gasteiger partial charge in [0.2, 0.25) is 11.8 Å². The molecule has 1 amide bonds. The van der Waals surface area contributed by atoms with Crippen LogP contribution in [0.5, 0.6) is 5.75 Å². The number of aromatic nitrogens is 2. The summed E-state index contributed by atoms with van der Waals surface area (Å²) >= 11 is 11.8. The van der Waals surface area contributed by atoms with E-state index in [0.29, 0.717) is 27.6 Å². The van der Waals surface area contributed by atoms with Crippen LogP contribution in [0, 0.1) is 0 Å². The molecule has 1 aromatic heterocycles. The Morgan fingerprint density at radius 3 is 2.68 bits per heavy atom. The third kappa shape index (κ3) is 4.71. The second-order valence-corrected chi connectivity index (χ2v) is 5.85. The SMILES string of the molecule is O=C(COc1ccc(Cl)cc1Cl)NCc1nnc(-c2ccccc2)o1. The fourth-order valence-corrected chi connectivity index (χ4v) is 2.45. The molecule has 1 heterocycles. The van der Waals surface area contributed by atoms with Crippen LogP contribution >= 0.6 is 23.2 Å². The van der Waals surface area contributed by atoms with Crippen LogP contribution in [0.3, 0.4) is 0 Å². The first kappa shape index (κ1) is 17.3. The Bertz CT molecular complexity index is 869. The summed E-state index contributed by atoms with van der Waals surface area (Å²) in [6.07, 6.45) is 0. The predicted molar refractivity (Wildman–Crippen MR) is 93.5 cm³/mol. The molecule has 3 rings (SSSR count). The van der Waals surface area contributed by atoms with E-state index in [9.17, 15) is 4.79 Å². The molecule has 0 saturated heterocycles. The Balaban J connectivity index is 1.50. The van der Waals surface area contributed by atoms with Crippen molar-refractivity contribution in [2.75, 3.05) is 6.61 Å². The molecule has 0 atom stereocenters. The quantitative estimate of drug-likeness (QED) is 0.707. The molecular formula is C17H13Cl2N3O3. The minimum absolute atomic E-state index is 0.108. The van der Waals surface area contributed by atoms with Crippen molar-refractivity contribution in [3.8, 4) is 17.2 Å². The third-order valence-corrected chi connectivity index (χ3v) is 3.71. The summed E-state index contributed by atoms with van der Waals surface area (Å²) in [6.45, 7) is -0.0859. The number of halogens is 2. The van der Waals surface area contributed by atoms with E-state index in [1.807, 2.05) is 30.3 Å². The minimum atomic E-state index is -0.342. The smallest absolute Gasteiger partial charge is 0.258 e. The summed E-state index contributed by atoms with van der Waals surface area (Å²) in [7, 11) is 0. The summed E-state index contributed by atoms with van der Waals surface area (Å²) in [5.41, 5.74) is 0.813. The molecule has 2 aromatic carbocycles. The van der Waals surface area contributed by atoms with Gasteiger partial charge in [0.05, 0.1) is 11.6 Å². The van der Waals surface area contributed by atoms with Crippen molar-refractivity contribution in [3.63, 3.8) is 0 Å². The van der Waals surface area contributed by atoms with Crippen LogP contribution in [0.4, 0.5) is 0 Å². The van der Waals surface area contributed by atoms with E-state index in [1.165, 1.54) is 0 Å². The lowest BCUT2D eigenvalue weighted by atomic mass is 10.2. The second kappa shape index (κ2) is 8.00. The highest BCUT2D eigenvalue weighted by molar-refractivity contribution is 6.35. The van der Waals surface area contributed by atoms with E-state index in [0.717, 1.165) is 5.56 Å². The van der Waals surface area contributed by atoms with Gasteiger partial charge in [-0.15, -0.1) is 10.2 Å². The molecule has 3 aromatic rings. The Morgan fingerprint density at radius 2 is 1.92 bits per heavy atom. The Hall–Kier alpha value is -2.57. The van der Waals surface area contributed by atoms with Gasteiger partial charge in [0.25, 0.3) is 5.91 Å². The zero-order valence-electron chi connectivity index (χ0n) is 12.9. The van der Waals surface area contributed by atoms with Crippen LogP contribution in [0.25, 0.3) is 11.5 Å². The van der Waals surface area contributed by atoms with Crippen LogP contribution < -0.4 is 10.1 Å². The van der Waals surface area contributed by atoms with Crippen molar-refractivity contribution in [2.24, 2.45) is 0 Å². The van der Waals surface area contributed by atoms with Gasteiger partial charge >= 0.3 is 0 Å². The number of rotatable bonds is 6. The summed E-state index contributed by atoms with van der Waals surface area (Å²) in [4.78, 5) is 11.8. The topological polar surface area (TPSA) is 77.2 Å². The standard InChI is InChI=1S/C17H13Cl2N3O3/c18-12-6-7-14(13(19)8-12)24-10-15(23)20-9-16-21-22-17(25-16)11-4-2-1-3-5-11/h1-8H,9-10H2,(H,20,23). The van der Waals surface area contributed by atoms with Crippen molar-refractivity contribution >= 4 is 29.1 Å². The monoisotopic (exact) mass is 377 g/mol. The molecule has 1 N–H and O–H groups in total. The van der Waals surface area contributed by atoms with Crippen molar-refractivity contribution < 1.29 is 13.9 Å². The number of hydrogen-bond acceptors (Lipinski definition) is 5. The first-order chi connectivity index (χ1) is 12.1. The van der Waals surface area contributed by atoms with Gasteiger partial charge in [-0.25, -0.2) is 0 Å². The van der Waals surface area contributed by atoms with Gasteiger partial charge in [-0.1, -0.05) is 41.4 Å². The molecule has 8 heteroatoms. The molecule has 0 fully saturated rings. The molecule has 0 bridgehead atoms. The first-order valence-corrected chi connectivity index (χ1v) is 8.10. The number of benzene rings is 2. The Morgan fingerprint density at radius 1 is 1.12 bits per heavy atom. The number of hydrogen-bond donors (Lipinski definition) is 1. The van der Waals surface area contributed by atoms with Crippen LogP contribution in [-0.2, 0) is 11.3 Å². The number of nitrogens with one attached hydrogen (secondary N) is 1. The van der Waals surface area contributed by atoms with Crippen LogP contribution in [0.2, 0.25) is 10.0 Å². The fourth-order valence-electron chi connectivity index (χ4n) is 1.98. The average Bonchev–Trinajstić information content (AvgIpc) is 3.09. The lowest BCUT2D eigenvalue weighted by Gasteiger charge is -2.08. The molecule has 6 nitrogen and oxygen atoms in total. The summed E-state index contributed by atoms with van der Waals surface area (Å²) in [6, 6.07) is 14.1. The van der Waals surface area contributed by atoms with Gasteiger partial charge in [-0.05, 0) is 30.3 Å². The van der Waals surface area contributed by atoms with E-state index >= 15 is 0 Å². The van der Waals surface area contributed by atoms with E-state index in [1.54, 1.807) is 18.2 Å². The Labute approximate surface area is 153 Å². The van der Waals surface area contributed by atoms with Gasteiger partial charge in [0.15, 0.2) is 6.61 Å². The van der Waals surface area contributed by atoms with E-state index in [-0.39, 0.29) is 19.1 Å². The Kier molecular flexibility index (Phi) is 5.53. The fraction of sp³-hybridized carbons (Fsp3) is 0.118. The van der Waals surface area contributed by atoms with E-state index < -0.39 is 0 Å². The molecular weight excluding hydrogens is 365 g/mol. The summed E-state index contributed by atoms with van der Waals surface area (Å²) in [5, 5.41) is 11.3. The maximum atomic E-state index is 11.8. The molecule has 0 unspecified atom stereocenters. The van der Waals surface area contributed by atoms with Crippen molar-refractivity contribution in [2.45, 2.75) is 6.54 Å². The lowest BCUT2D eigenvalue weighted by molar-refractivity contribution is -0.123. The van der Waals surface area contributed by atoms with Crippen molar-refractivity contribution in [1.29, 1.82) is 0 Å². The molecule has 0 aliphatic heterocycles. The summed E-state index contributed by atoms with van der Waals surface area (Å²) in [5.74, 6) is 0.738. The van der Waals surface area contributed by atoms with Crippen molar-refractivity contribution in [1.82, 2.24) is 15.5 Å². The number of amides is 1. The predicted octanol–water partition coefficient (Wildman–Crippen LogP) is 3.74. The first-order valence-electron chi connectivity index (χ1n) is 7.34. The van der Waals surface area contributed by atoms with Crippen LogP contribution in [-0.4, -0.2) is 22.7 Å². The van der Waals surface area contributed by atoms with E-state index in [4.69, 9.17) is 32.4 Å². The van der Waals surface area contributed by atoms with E-state index in [2.05, 4.69) is 15.5 Å². The van der Waals surface area contributed by atoms with Gasteiger partial charge in [-0.3, -0.25) is 4.79 Å². The van der Waals surface area contributed by atoms with Gasteiger partial charge in [-0.2, -0.15) is 0 Å².